The van der Waals surface area contributed by atoms with Crippen LogP contribution in [0.5, 0.6) is 0 Å². The lowest BCUT2D eigenvalue weighted by atomic mass is 9.71. The average molecular weight is 293 g/mol. The number of halogens is 1. The van der Waals surface area contributed by atoms with Crippen LogP contribution < -0.4 is 5.32 Å². The first kappa shape index (κ1) is 15.5. The Bertz CT molecular complexity index is 573. The van der Waals surface area contributed by atoms with Crippen molar-refractivity contribution in [2.24, 2.45) is 5.41 Å². The summed E-state index contributed by atoms with van der Waals surface area (Å²) in [7, 11) is 0. The molecule has 2 N–H and O–H groups in total. The fraction of sp³-hybridized carbons (Fsp3) is 0.500. The highest BCUT2D eigenvalue weighted by Crippen LogP contribution is 2.36. The molecular formula is C16H20FNO3. The maximum Gasteiger partial charge on any atom is 0.311 e. The van der Waals surface area contributed by atoms with E-state index in [2.05, 4.69) is 5.32 Å². The van der Waals surface area contributed by atoms with Gasteiger partial charge in [0.25, 0.3) is 5.91 Å². The first-order chi connectivity index (χ1) is 9.84. The summed E-state index contributed by atoms with van der Waals surface area (Å²) in [5.41, 5.74) is -0.0372. The van der Waals surface area contributed by atoms with E-state index in [1.807, 2.05) is 0 Å². The van der Waals surface area contributed by atoms with Crippen molar-refractivity contribution in [3.63, 3.8) is 0 Å². The van der Waals surface area contributed by atoms with Gasteiger partial charge in [0.05, 0.1) is 5.41 Å². The van der Waals surface area contributed by atoms with Gasteiger partial charge in [-0.1, -0.05) is 18.9 Å². The van der Waals surface area contributed by atoms with Gasteiger partial charge in [0.2, 0.25) is 0 Å². The fourth-order valence-corrected chi connectivity index (χ4v) is 2.90. The van der Waals surface area contributed by atoms with Gasteiger partial charge in [-0.2, -0.15) is 0 Å². The van der Waals surface area contributed by atoms with Gasteiger partial charge in [0.1, 0.15) is 5.82 Å². The zero-order chi connectivity index (χ0) is 15.6. The zero-order valence-electron chi connectivity index (χ0n) is 12.3. The second kappa shape index (κ2) is 5.84. The van der Waals surface area contributed by atoms with E-state index >= 15 is 0 Å². The summed E-state index contributed by atoms with van der Waals surface area (Å²) in [4.78, 5) is 23.8. The molecule has 2 rings (SSSR count). The maximum absolute atomic E-state index is 13.3. The molecule has 1 aromatic rings. The van der Waals surface area contributed by atoms with Crippen LogP contribution in [-0.2, 0) is 4.79 Å². The zero-order valence-corrected chi connectivity index (χ0v) is 12.3. The van der Waals surface area contributed by atoms with E-state index in [-0.39, 0.29) is 5.56 Å². The molecule has 2 atom stereocenters. The molecule has 0 bridgehead atoms. The summed E-state index contributed by atoms with van der Waals surface area (Å²) in [6, 6.07) is 3.60. The predicted molar refractivity (Wildman–Crippen MR) is 76.6 cm³/mol. The highest BCUT2D eigenvalue weighted by atomic mass is 19.1. The number of aryl methyl sites for hydroxylation is 1. The lowest BCUT2D eigenvalue weighted by Crippen LogP contribution is -2.52. The van der Waals surface area contributed by atoms with Crippen LogP contribution in [0.2, 0.25) is 0 Å². The number of nitrogens with one attached hydrogen (secondary N) is 1. The van der Waals surface area contributed by atoms with Crippen molar-refractivity contribution < 1.29 is 19.1 Å². The molecule has 0 aliphatic heterocycles. The molecule has 5 heteroatoms. The van der Waals surface area contributed by atoms with E-state index in [1.54, 1.807) is 19.9 Å². The minimum atomic E-state index is -0.963. The highest BCUT2D eigenvalue weighted by molar-refractivity contribution is 5.96. The van der Waals surface area contributed by atoms with Gasteiger partial charge < -0.3 is 10.4 Å². The largest absolute Gasteiger partial charge is 0.481 e. The minimum Gasteiger partial charge on any atom is -0.481 e. The topological polar surface area (TPSA) is 66.4 Å². The summed E-state index contributed by atoms with van der Waals surface area (Å²) in [6.45, 7) is 3.39. The highest BCUT2D eigenvalue weighted by Gasteiger charge is 2.43. The van der Waals surface area contributed by atoms with Crippen molar-refractivity contribution in [1.82, 2.24) is 5.32 Å². The average Bonchev–Trinajstić information content (AvgIpc) is 2.43. The van der Waals surface area contributed by atoms with Gasteiger partial charge in [0, 0.05) is 11.6 Å². The summed E-state index contributed by atoms with van der Waals surface area (Å²) in [5, 5.41) is 12.2. The van der Waals surface area contributed by atoms with Crippen molar-refractivity contribution in [3.8, 4) is 0 Å². The summed E-state index contributed by atoms with van der Waals surface area (Å²) < 4.78 is 13.3. The molecule has 0 heterocycles. The molecule has 0 radical (unpaired) electrons. The first-order valence-electron chi connectivity index (χ1n) is 7.15. The summed E-state index contributed by atoms with van der Waals surface area (Å²) >= 11 is 0. The van der Waals surface area contributed by atoms with Crippen LogP contribution in [0.15, 0.2) is 18.2 Å². The van der Waals surface area contributed by atoms with Gasteiger partial charge >= 0.3 is 5.97 Å². The Morgan fingerprint density at radius 2 is 2.10 bits per heavy atom. The monoisotopic (exact) mass is 293 g/mol. The van der Waals surface area contributed by atoms with Crippen LogP contribution in [0.1, 0.15) is 48.5 Å². The molecule has 0 aromatic heterocycles. The number of hydrogen-bond acceptors (Lipinski definition) is 2. The van der Waals surface area contributed by atoms with Crippen LogP contribution in [0.25, 0.3) is 0 Å². The first-order valence-corrected chi connectivity index (χ1v) is 7.15. The number of benzene rings is 1. The number of carboxylic acid groups (broad SMARTS) is 1. The van der Waals surface area contributed by atoms with Crippen molar-refractivity contribution in [2.75, 3.05) is 0 Å². The maximum atomic E-state index is 13.3. The Labute approximate surface area is 123 Å². The van der Waals surface area contributed by atoms with Crippen LogP contribution in [-0.4, -0.2) is 23.0 Å². The van der Waals surface area contributed by atoms with Crippen LogP contribution in [0, 0.1) is 18.2 Å². The van der Waals surface area contributed by atoms with Crippen LogP contribution >= 0.6 is 0 Å². The third-order valence-corrected chi connectivity index (χ3v) is 4.45. The second-order valence-corrected chi connectivity index (χ2v) is 5.95. The SMILES string of the molecule is Cc1ccc(F)cc1C(=O)NC1CCCCC1(C)C(=O)O. The Kier molecular flexibility index (Phi) is 4.30. The van der Waals surface area contributed by atoms with E-state index in [0.29, 0.717) is 18.4 Å². The molecule has 1 aliphatic carbocycles. The van der Waals surface area contributed by atoms with E-state index in [4.69, 9.17) is 0 Å². The Morgan fingerprint density at radius 3 is 2.76 bits per heavy atom. The Balaban J connectivity index is 2.21. The summed E-state index contributed by atoms with van der Waals surface area (Å²) in [5.74, 6) is -1.79. The second-order valence-electron chi connectivity index (χ2n) is 5.95. The molecule has 1 aliphatic rings. The Hall–Kier alpha value is -1.91. The van der Waals surface area contributed by atoms with Crippen molar-refractivity contribution in [1.29, 1.82) is 0 Å². The summed E-state index contributed by atoms with van der Waals surface area (Å²) in [6.07, 6.45) is 2.89. The minimum absolute atomic E-state index is 0.258. The third-order valence-electron chi connectivity index (χ3n) is 4.45. The molecule has 0 saturated heterocycles. The number of amides is 1. The van der Waals surface area contributed by atoms with Gasteiger partial charge in [-0.15, -0.1) is 0 Å². The molecule has 2 unspecified atom stereocenters. The molecule has 1 amide bonds. The molecule has 21 heavy (non-hydrogen) atoms. The molecule has 114 valence electrons. The van der Waals surface area contributed by atoms with Gasteiger partial charge in [-0.25, -0.2) is 4.39 Å². The van der Waals surface area contributed by atoms with E-state index in [9.17, 15) is 19.1 Å². The molecule has 1 aromatic carbocycles. The molecular weight excluding hydrogens is 273 g/mol. The van der Waals surface area contributed by atoms with Crippen molar-refractivity contribution in [3.05, 3.63) is 35.1 Å². The number of carbonyl (C=O) groups is 2. The van der Waals surface area contributed by atoms with Crippen LogP contribution in [0.3, 0.4) is 0 Å². The van der Waals surface area contributed by atoms with Crippen molar-refractivity contribution >= 4 is 11.9 Å². The third kappa shape index (κ3) is 3.06. The van der Waals surface area contributed by atoms with E-state index in [1.165, 1.54) is 12.1 Å². The van der Waals surface area contributed by atoms with Crippen molar-refractivity contribution in [2.45, 2.75) is 45.6 Å². The number of rotatable bonds is 3. The van der Waals surface area contributed by atoms with Gasteiger partial charge in [0.15, 0.2) is 0 Å². The van der Waals surface area contributed by atoms with Crippen LogP contribution in [0.4, 0.5) is 4.39 Å². The molecule has 4 nitrogen and oxygen atoms in total. The Morgan fingerprint density at radius 1 is 1.38 bits per heavy atom. The molecule has 0 spiro atoms. The quantitative estimate of drug-likeness (QED) is 0.900. The number of carbonyl (C=O) groups excluding carboxylic acids is 1. The molecule has 1 fully saturated rings. The number of aliphatic carboxylic acids is 1. The van der Waals surface area contributed by atoms with E-state index < -0.39 is 29.2 Å². The molecule has 1 saturated carbocycles. The lowest BCUT2D eigenvalue weighted by Gasteiger charge is -2.38. The lowest BCUT2D eigenvalue weighted by molar-refractivity contribution is -0.151. The number of hydrogen-bond donors (Lipinski definition) is 2. The van der Waals surface area contributed by atoms with Gasteiger partial charge in [-0.3, -0.25) is 9.59 Å². The smallest absolute Gasteiger partial charge is 0.311 e. The normalized spacial score (nSPS) is 25.4. The number of carboxylic acids is 1. The van der Waals surface area contributed by atoms with Gasteiger partial charge in [-0.05, 0) is 44.4 Å². The fourth-order valence-electron chi connectivity index (χ4n) is 2.90. The standard InChI is InChI=1S/C16H20FNO3/c1-10-6-7-11(17)9-12(10)14(19)18-13-5-3-4-8-16(13,2)15(20)21/h6-7,9,13H,3-5,8H2,1-2H3,(H,18,19)(H,20,21). The van der Waals surface area contributed by atoms with E-state index in [0.717, 1.165) is 12.8 Å². The predicted octanol–water partition coefficient (Wildman–Crippen LogP) is 2.90.